The third kappa shape index (κ3) is 2.84. The Morgan fingerprint density at radius 2 is 1.79 bits per heavy atom. The first-order chi connectivity index (χ1) is 11.5. The van der Waals surface area contributed by atoms with Gasteiger partial charge in [0.15, 0.2) is 0 Å². The van der Waals surface area contributed by atoms with Crippen LogP contribution in [0.4, 0.5) is 0 Å². The Labute approximate surface area is 142 Å². The van der Waals surface area contributed by atoms with Gasteiger partial charge in [-0.3, -0.25) is 34.9 Å². The molecule has 1 saturated heterocycles. The molecule has 1 aliphatic heterocycles. The van der Waals surface area contributed by atoms with E-state index in [4.69, 9.17) is 0 Å². The number of allylic oxidation sites excluding steroid dienone is 2. The number of hydrogen-bond donors (Lipinski definition) is 2. The van der Waals surface area contributed by atoms with Gasteiger partial charge in [0.05, 0.1) is 16.7 Å². The molecule has 1 aromatic heterocycles. The molecule has 126 valence electrons. The largest absolute Gasteiger partial charge is 0.279 e. The zero-order valence-electron chi connectivity index (χ0n) is 13.0. The molecule has 24 heavy (non-hydrogen) atoms. The maximum atomic E-state index is 12.4. The standard InChI is InChI=1S/C16H17N3O4S/c1-9(13(20)17-18-14(21)12-7-4-8-24-12)19-15(22)10-5-2-3-6-11(10)16(19)23/h2-4,7-11H,5-6H2,1H3,(H,17,20)(H,18,21)/t9-,10?,11?/m0/s1. The SMILES string of the molecule is C[C@@H](C(=O)NNC(=O)c1cccs1)N1C(=O)C2CC=CCC2C1=O. The fourth-order valence-corrected chi connectivity index (χ4v) is 3.64. The predicted molar refractivity (Wildman–Crippen MR) is 86.6 cm³/mol. The Morgan fingerprint density at radius 1 is 1.17 bits per heavy atom. The van der Waals surface area contributed by atoms with Gasteiger partial charge in [0.1, 0.15) is 6.04 Å². The van der Waals surface area contributed by atoms with Gasteiger partial charge in [-0.1, -0.05) is 18.2 Å². The zero-order valence-corrected chi connectivity index (χ0v) is 13.8. The topological polar surface area (TPSA) is 95.6 Å². The number of carbonyl (C=O) groups is 4. The number of amides is 4. The Hall–Kier alpha value is -2.48. The van der Waals surface area contributed by atoms with E-state index in [1.54, 1.807) is 17.5 Å². The summed E-state index contributed by atoms with van der Waals surface area (Å²) in [6.07, 6.45) is 4.83. The van der Waals surface area contributed by atoms with E-state index in [0.29, 0.717) is 17.7 Å². The van der Waals surface area contributed by atoms with Crippen LogP contribution in [0.15, 0.2) is 29.7 Å². The average molecular weight is 347 g/mol. The lowest BCUT2D eigenvalue weighted by molar-refractivity contribution is -0.147. The van der Waals surface area contributed by atoms with Crippen LogP contribution in [0.3, 0.4) is 0 Å². The predicted octanol–water partition coefficient (Wildman–Crippen LogP) is 0.849. The number of imide groups is 1. The van der Waals surface area contributed by atoms with Crippen LogP contribution in [0.25, 0.3) is 0 Å². The molecule has 1 fully saturated rings. The van der Waals surface area contributed by atoms with Crippen molar-refractivity contribution in [2.45, 2.75) is 25.8 Å². The molecule has 1 aliphatic carbocycles. The fourth-order valence-electron chi connectivity index (χ4n) is 3.02. The highest BCUT2D eigenvalue weighted by atomic mass is 32.1. The van der Waals surface area contributed by atoms with Crippen molar-refractivity contribution in [2.24, 2.45) is 11.8 Å². The molecule has 0 spiro atoms. The molecule has 3 rings (SSSR count). The van der Waals surface area contributed by atoms with Gasteiger partial charge < -0.3 is 0 Å². The molecule has 1 aromatic rings. The minimum absolute atomic E-state index is 0.318. The van der Waals surface area contributed by atoms with Crippen LogP contribution in [0.5, 0.6) is 0 Å². The zero-order chi connectivity index (χ0) is 17.3. The van der Waals surface area contributed by atoms with Crippen LogP contribution >= 0.6 is 11.3 Å². The molecule has 2 N–H and O–H groups in total. The number of nitrogens with one attached hydrogen (secondary N) is 2. The second kappa shape index (κ2) is 6.56. The number of nitrogens with zero attached hydrogens (tertiary/aromatic N) is 1. The monoisotopic (exact) mass is 347 g/mol. The summed E-state index contributed by atoms with van der Waals surface area (Å²) < 4.78 is 0. The summed E-state index contributed by atoms with van der Waals surface area (Å²) in [5.41, 5.74) is 4.57. The molecule has 7 nitrogen and oxygen atoms in total. The van der Waals surface area contributed by atoms with E-state index in [0.717, 1.165) is 4.90 Å². The van der Waals surface area contributed by atoms with E-state index < -0.39 is 17.9 Å². The summed E-state index contributed by atoms with van der Waals surface area (Å²) >= 11 is 1.24. The third-order valence-electron chi connectivity index (χ3n) is 4.35. The highest BCUT2D eigenvalue weighted by Gasteiger charge is 2.50. The lowest BCUT2D eigenvalue weighted by atomic mass is 9.85. The summed E-state index contributed by atoms with van der Waals surface area (Å²) in [7, 11) is 0. The van der Waals surface area contributed by atoms with Crippen LogP contribution in [0.1, 0.15) is 29.4 Å². The number of likely N-dealkylation sites (tertiary alicyclic amines) is 1. The van der Waals surface area contributed by atoms with Gasteiger partial charge >= 0.3 is 0 Å². The number of hydrogen-bond acceptors (Lipinski definition) is 5. The Kier molecular flexibility index (Phi) is 4.48. The minimum Gasteiger partial charge on any atom is -0.274 e. The van der Waals surface area contributed by atoms with E-state index in [1.807, 2.05) is 12.2 Å². The summed E-state index contributed by atoms with van der Waals surface area (Å²) in [5, 5.41) is 1.75. The van der Waals surface area contributed by atoms with Crippen LogP contribution in [0.2, 0.25) is 0 Å². The van der Waals surface area contributed by atoms with Gasteiger partial charge in [-0.15, -0.1) is 11.3 Å². The normalized spacial score (nSPS) is 23.8. The van der Waals surface area contributed by atoms with Gasteiger partial charge in [0.25, 0.3) is 11.8 Å². The van der Waals surface area contributed by atoms with Crippen molar-refractivity contribution < 1.29 is 19.2 Å². The summed E-state index contributed by atoms with van der Waals surface area (Å²) in [5.74, 6) is -2.43. The first-order valence-corrected chi connectivity index (χ1v) is 8.54. The maximum absolute atomic E-state index is 12.4. The summed E-state index contributed by atoms with van der Waals surface area (Å²) in [4.78, 5) is 50.4. The van der Waals surface area contributed by atoms with Gasteiger partial charge in [0.2, 0.25) is 11.8 Å². The second-order valence-electron chi connectivity index (χ2n) is 5.80. The first kappa shape index (κ1) is 16.4. The summed E-state index contributed by atoms with van der Waals surface area (Å²) in [6.45, 7) is 1.48. The van der Waals surface area contributed by atoms with E-state index in [2.05, 4.69) is 10.9 Å². The molecule has 2 heterocycles. The molecule has 2 unspecified atom stereocenters. The van der Waals surface area contributed by atoms with Crippen molar-refractivity contribution in [3.63, 3.8) is 0 Å². The van der Waals surface area contributed by atoms with Gasteiger partial charge in [-0.2, -0.15) is 0 Å². The second-order valence-corrected chi connectivity index (χ2v) is 6.75. The molecule has 8 heteroatoms. The molecular formula is C16H17N3O4S. The van der Waals surface area contributed by atoms with E-state index in [1.165, 1.54) is 18.3 Å². The average Bonchev–Trinajstić information content (AvgIpc) is 3.20. The highest BCUT2D eigenvalue weighted by molar-refractivity contribution is 7.12. The van der Waals surface area contributed by atoms with Crippen molar-refractivity contribution in [2.75, 3.05) is 0 Å². The minimum atomic E-state index is -0.973. The Bertz CT molecular complexity index is 687. The van der Waals surface area contributed by atoms with Crippen LogP contribution in [0, 0.1) is 11.8 Å². The van der Waals surface area contributed by atoms with Crippen molar-refractivity contribution in [1.82, 2.24) is 15.8 Å². The van der Waals surface area contributed by atoms with Gasteiger partial charge in [0, 0.05) is 0 Å². The van der Waals surface area contributed by atoms with Crippen LogP contribution < -0.4 is 10.9 Å². The van der Waals surface area contributed by atoms with E-state index in [9.17, 15) is 19.2 Å². The molecule has 0 radical (unpaired) electrons. The van der Waals surface area contributed by atoms with E-state index in [-0.39, 0.29) is 23.7 Å². The third-order valence-corrected chi connectivity index (χ3v) is 5.22. The number of carbonyl (C=O) groups excluding carboxylic acids is 4. The van der Waals surface area contributed by atoms with Crippen molar-refractivity contribution in [3.05, 3.63) is 34.5 Å². The van der Waals surface area contributed by atoms with Gasteiger partial charge in [-0.25, -0.2) is 0 Å². The Balaban J connectivity index is 1.62. The number of hydrazine groups is 1. The number of thiophene rings is 1. The van der Waals surface area contributed by atoms with Crippen molar-refractivity contribution in [3.8, 4) is 0 Å². The molecular weight excluding hydrogens is 330 g/mol. The van der Waals surface area contributed by atoms with Crippen molar-refractivity contribution >= 4 is 35.0 Å². The number of rotatable bonds is 3. The molecule has 2 aliphatic rings. The van der Waals surface area contributed by atoms with Crippen LogP contribution in [-0.4, -0.2) is 34.6 Å². The molecule has 0 aromatic carbocycles. The molecule has 3 atom stereocenters. The number of fused-ring (bicyclic) bond motifs is 1. The highest BCUT2D eigenvalue weighted by Crippen LogP contribution is 2.35. The fraction of sp³-hybridized carbons (Fsp3) is 0.375. The maximum Gasteiger partial charge on any atom is 0.279 e. The first-order valence-electron chi connectivity index (χ1n) is 7.66. The lowest BCUT2D eigenvalue weighted by Gasteiger charge is -2.22. The smallest absolute Gasteiger partial charge is 0.274 e. The van der Waals surface area contributed by atoms with Crippen molar-refractivity contribution in [1.29, 1.82) is 0 Å². The Morgan fingerprint density at radius 3 is 2.33 bits per heavy atom. The van der Waals surface area contributed by atoms with Gasteiger partial charge in [-0.05, 0) is 31.2 Å². The summed E-state index contributed by atoms with van der Waals surface area (Å²) in [6, 6.07) is 2.38. The quantitative estimate of drug-likeness (QED) is 0.481. The molecule has 0 saturated carbocycles. The lowest BCUT2D eigenvalue weighted by Crippen LogP contribution is -2.53. The van der Waals surface area contributed by atoms with Crippen LogP contribution in [-0.2, 0) is 14.4 Å². The molecule has 0 bridgehead atoms. The van der Waals surface area contributed by atoms with E-state index >= 15 is 0 Å². The molecule has 4 amide bonds.